The molecule has 0 aliphatic carbocycles. The van der Waals surface area contributed by atoms with Crippen molar-refractivity contribution in [2.75, 3.05) is 58.1 Å². The molecule has 37 heavy (non-hydrogen) atoms. The summed E-state index contributed by atoms with van der Waals surface area (Å²) in [6.07, 6.45) is 3.23. The summed E-state index contributed by atoms with van der Waals surface area (Å²) in [4.78, 5) is 32.1. The van der Waals surface area contributed by atoms with E-state index in [2.05, 4.69) is 40.8 Å². The Labute approximate surface area is 220 Å². The average Bonchev–Trinajstić information content (AvgIpc) is 3.33. The van der Waals surface area contributed by atoms with Gasteiger partial charge in [0, 0.05) is 30.1 Å². The highest BCUT2D eigenvalue weighted by Crippen LogP contribution is 2.31. The zero-order valence-corrected chi connectivity index (χ0v) is 22.0. The van der Waals surface area contributed by atoms with Gasteiger partial charge in [0.25, 0.3) is 5.88 Å². The number of urea groups is 1. The molecule has 0 fully saturated rings. The van der Waals surface area contributed by atoms with Crippen LogP contribution in [0.15, 0.2) is 47.7 Å². The number of hydrogen-bond acceptors (Lipinski definition) is 10. The summed E-state index contributed by atoms with van der Waals surface area (Å²) in [6.45, 7) is 2.79. The summed E-state index contributed by atoms with van der Waals surface area (Å²) in [5.74, 6) is 1.60. The van der Waals surface area contributed by atoms with Gasteiger partial charge in [-0.3, -0.25) is 10.3 Å². The van der Waals surface area contributed by atoms with Crippen LogP contribution in [0.1, 0.15) is 12.8 Å². The van der Waals surface area contributed by atoms with Crippen LogP contribution in [-0.4, -0.2) is 83.7 Å². The minimum atomic E-state index is -0.301. The Bertz CT molecular complexity index is 1230. The molecule has 3 N–H and O–H groups in total. The summed E-state index contributed by atoms with van der Waals surface area (Å²) in [5.41, 5.74) is 2.03. The van der Waals surface area contributed by atoms with Gasteiger partial charge in [0.05, 0.1) is 25.8 Å². The number of carbonyl (C=O) groups is 1. The molecular formula is C25H32N8O3S. The number of pyridine rings is 1. The molecule has 1 unspecified atom stereocenters. The van der Waals surface area contributed by atoms with Crippen molar-refractivity contribution < 1.29 is 14.3 Å². The van der Waals surface area contributed by atoms with Gasteiger partial charge in [0.2, 0.25) is 0 Å². The molecule has 11 nitrogen and oxygen atoms in total. The van der Waals surface area contributed by atoms with Crippen LogP contribution in [0.4, 0.5) is 16.3 Å². The maximum absolute atomic E-state index is 12.2. The van der Waals surface area contributed by atoms with E-state index >= 15 is 0 Å². The molecule has 0 radical (unpaired) electrons. The van der Waals surface area contributed by atoms with Gasteiger partial charge in [-0.25, -0.2) is 19.7 Å². The summed E-state index contributed by atoms with van der Waals surface area (Å²) in [7, 11) is 5.63. The SMILES string of the molecule is COc1nc2c(NCCC3CN=C(NC(=O)Nc4ccccc4)S3)ncnc2cc1OCCCN(C)C. The molecule has 2 amide bonds. The summed E-state index contributed by atoms with van der Waals surface area (Å²) in [5, 5.41) is 9.84. The van der Waals surface area contributed by atoms with Gasteiger partial charge < -0.3 is 25.0 Å². The Kier molecular flexibility index (Phi) is 9.33. The molecule has 3 aromatic rings. The van der Waals surface area contributed by atoms with Crippen LogP contribution in [0.2, 0.25) is 0 Å². The third-order valence-corrected chi connectivity index (χ3v) is 6.64. The Morgan fingerprint density at radius 2 is 2.03 bits per heavy atom. The predicted molar refractivity (Wildman–Crippen MR) is 148 cm³/mol. The van der Waals surface area contributed by atoms with E-state index in [9.17, 15) is 4.79 Å². The van der Waals surface area contributed by atoms with Crippen LogP contribution in [0.5, 0.6) is 11.6 Å². The van der Waals surface area contributed by atoms with Crippen molar-refractivity contribution in [3.05, 3.63) is 42.7 Å². The fraction of sp³-hybridized carbons (Fsp3) is 0.400. The maximum atomic E-state index is 12.2. The summed E-state index contributed by atoms with van der Waals surface area (Å²) in [6, 6.07) is 10.8. The molecule has 3 heterocycles. The first kappa shape index (κ1) is 26.4. The maximum Gasteiger partial charge on any atom is 0.325 e. The second kappa shape index (κ2) is 13.1. The number of aromatic nitrogens is 3. The monoisotopic (exact) mass is 524 g/mol. The standard InChI is InChI=1S/C25H32N8O3S/c1-33(2)12-7-13-36-20-14-19-21(31-23(20)35-3)22(29-16-28-19)26-11-10-18-15-27-25(37-18)32-24(34)30-17-8-5-4-6-9-17/h4-6,8-9,14,16,18H,7,10-13,15H2,1-3H3,(H,26,28,29)(H2,27,30,32,34). The number of methoxy groups -OCH3 is 1. The van der Waals surface area contributed by atoms with E-state index in [0.717, 1.165) is 25.1 Å². The largest absolute Gasteiger partial charge is 0.488 e. The highest BCUT2D eigenvalue weighted by molar-refractivity contribution is 8.14. The number of amides is 2. The molecule has 4 rings (SSSR count). The third-order valence-electron chi connectivity index (χ3n) is 5.47. The van der Waals surface area contributed by atoms with E-state index in [0.29, 0.717) is 53.3 Å². The molecule has 0 saturated heterocycles. The fourth-order valence-corrected chi connectivity index (χ4v) is 4.66. The van der Waals surface area contributed by atoms with Crippen molar-refractivity contribution in [2.24, 2.45) is 4.99 Å². The average molecular weight is 525 g/mol. The number of rotatable bonds is 11. The minimum Gasteiger partial charge on any atom is -0.488 e. The zero-order valence-electron chi connectivity index (χ0n) is 21.2. The lowest BCUT2D eigenvalue weighted by Crippen LogP contribution is -2.32. The summed E-state index contributed by atoms with van der Waals surface area (Å²) >= 11 is 1.56. The van der Waals surface area contributed by atoms with Crippen LogP contribution in [0, 0.1) is 0 Å². The number of thioether (sulfide) groups is 1. The molecule has 1 aliphatic rings. The number of aliphatic imine (C=N–C) groups is 1. The van der Waals surface area contributed by atoms with Crippen LogP contribution in [-0.2, 0) is 0 Å². The van der Waals surface area contributed by atoms with Crippen molar-refractivity contribution in [3.8, 4) is 11.6 Å². The number of benzene rings is 1. The lowest BCUT2D eigenvalue weighted by Gasteiger charge is -2.14. The van der Waals surface area contributed by atoms with Crippen LogP contribution < -0.4 is 25.4 Å². The van der Waals surface area contributed by atoms with Crippen molar-refractivity contribution in [2.45, 2.75) is 18.1 Å². The quantitative estimate of drug-likeness (QED) is 0.323. The number of ether oxygens (including phenoxy) is 2. The molecule has 1 aromatic carbocycles. The molecule has 0 saturated carbocycles. The van der Waals surface area contributed by atoms with E-state index in [-0.39, 0.29) is 11.3 Å². The van der Waals surface area contributed by atoms with Crippen molar-refractivity contribution in [1.29, 1.82) is 0 Å². The lowest BCUT2D eigenvalue weighted by atomic mass is 10.3. The van der Waals surface area contributed by atoms with Crippen LogP contribution in [0.3, 0.4) is 0 Å². The molecule has 0 spiro atoms. The van der Waals surface area contributed by atoms with Gasteiger partial charge in [-0.15, -0.1) is 0 Å². The van der Waals surface area contributed by atoms with E-state index in [1.54, 1.807) is 18.9 Å². The third kappa shape index (κ3) is 7.67. The first-order valence-corrected chi connectivity index (χ1v) is 12.9. The Morgan fingerprint density at radius 3 is 2.81 bits per heavy atom. The van der Waals surface area contributed by atoms with E-state index in [4.69, 9.17) is 9.47 Å². The zero-order chi connectivity index (χ0) is 26.0. The van der Waals surface area contributed by atoms with Crippen LogP contribution >= 0.6 is 11.8 Å². The molecule has 2 aromatic heterocycles. The Morgan fingerprint density at radius 1 is 1.19 bits per heavy atom. The van der Waals surface area contributed by atoms with Gasteiger partial charge in [-0.2, -0.15) is 0 Å². The van der Waals surface area contributed by atoms with Gasteiger partial charge in [0.1, 0.15) is 11.8 Å². The lowest BCUT2D eigenvalue weighted by molar-refractivity contribution is 0.256. The molecule has 0 bridgehead atoms. The topological polar surface area (TPSA) is 126 Å². The number of nitrogens with zero attached hydrogens (tertiary/aromatic N) is 5. The highest BCUT2D eigenvalue weighted by atomic mass is 32.2. The Hall–Kier alpha value is -3.64. The minimum absolute atomic E-state index is 0.247. The van der Waals surface area contributed by atoms with E-state index < -0.39 is 0 Å². The summed E-state index contributed by atoms with van der Waals surface area (Å²) < 4.78 is 11.4. The Balaban J connectivity index is 1.27. The number of fused-ring (bicyclic) bond motifs is 1. The van der Waals surface area contributed by atoms with Gasteiger partial charge in [0.15, 0.2) is 16.7 Å². The number of nitrogens with one attached hydrogen (secondary N) is 3. The first-order valence-electron chi connectivity index (χ1n) is 12.1. The second-order valence-electron chi connectivity index (χ2n) is 8.64. The normalized spacial score (nSPS) is 14.9. The van der Waals surface area contributed by atoms with Crippen molar-refractivity contribution in [3.63, 3.8) is 0 Å². The smallest absolute Gasteiger partial charge is 0.325 e. The first-order chi connectivity index (χ1) is 18.0. The molecule has 12 heteroatoms. The van der Waals surface area contributed by atoms with Gasteiger partial charge >= 0.3 is 6.03 Å². The molecular weight excluding hydrogens is 492 g/mol. The fourth-order valence-electron chi connectivity index (χ4n) is 3.66. The number of anilines is 2. The van der Waals surface area contributed by atoms with Crippen molar-refractivity contribution >= 4 is 45.5 Å². The molecule has 196 valence electrons. The molecule has 1 aliphatic heterocycles. The molecule has 1 atom stereocenters. The van der Waals surface area contributed by atoms with Gasteiger partial charge in [-0.05, 0) is 39.1 Å². The predicted octanol–water partition coefficient (Wildman–Crippen LogP) is 3.46. The highest BCUT2D eigenvalue weighted by Gasteiger charge is 2.21. The van der Waals surface area contributed by atoms with Crippen LogP contribution in [0.25, 0.3) is 11.0 Å². The number of hydrogen-bond donors (Lipinski definition) is 3. The second-order valence-corrected chi connectivity index (χ2v) is 9.93. The van der Waals surface area contributed by atoms with E-state index in [1.807, 2.05) is 50.5 Å². The number of carbonyl (C=O) groups excluding carboxylic acids is 1. The van der Waals surface area contributed by atoms with Crippen molar-refractivity contribution in [1.82, 2.24) is 25.2 Å². The number of para-hydroxylation sites is 1. The number of amidine groups is 1. The van der Waals surface area contributed by atoms with E-state index in [1.165, 1.54) is 6.33 Å². The van der Waals surface area contributed by atoms with Gasteiger partial charge in [-0.1, -0.05) is 30.0 Å².